The maximum Gasteiger partial charge on any atom is 0.277 e. The average molecular weight is 504 g/mol. The molecule has 2 N–H and O–H groups in total. The third-order valence-corrected chi connectivity index (χ3v) is 6.94. The van der Waals surface area contributed by atoms with Crippen LogP contribution in [0.1, 0.15) is 51.4 Å². The predicted octanol–water partition coefficient (Wildman–Crippen LogP) is 3.02. The molecule has 0 radical (unpaired) electrons. The van der Waals surface area contributed by atoms with Gasteiger partial charge in [0.15, 0.2) is 5.69 Å². The van der Waals surface area contributed by atoms with Crippen LogP contribution in [0.3, 0.4) is 0 Å². The summed E-state index contributed by atoms with van der Waals surface area (Å²) < 4.78 is 12.2. The smallest absolute Gasteiger partial charge is 0.277 e. The van der Waals surface area contributed by atoms with Crippen molar-refractivity contribution in [1.82, 2.24) is 9.78 Å². The predicted molar refractivity (Wildman–Crippen MR) is 138 cm³/mol. The van der Waals surface area contributed by atoms with Crippen LogP contribution in [0.4, 0.5) is 11.4 Å². The molecule has 0 atom stereocenters. The van der Waals surface area contributed by atoms with Crippen LogP contribution in [0.2, 0.25) is 0 Å². The van der Waals surface area contributed by atoms with Gasteiger partial charge in [0.25, 0.3) is 11.8 Å². The monoisotopic (exact) mass is 503 g/mol. The lowest BCUT2D eigenvalue weighted by Crippen LogP contribution is -2.39. The van der Waals surface area contributed by atoms with Gasteiger partial charge in [-0.3, -0.25) is 14.4 Å². The van der Waals surface area contributed by atoms with E-state index in [9.17, 15) is 14.4 Å². The number of amides is 3. The topological polar surface area (TPSA) is 120 Å². The Morgan fingerprint density at radius 1 is 0.919 bits per heavy atom. The number of aromatic nitrogens is 2. The Morgan fingerprint density at radius 2 is 1.65 bits per heavy atom. The Hall–Kier alpha value is -4.34. The zero-order valence-electron chi connectivity index (χ0n) is 21.1. The van der Waals surface area contributed by atoms with E-state index in [-0.39, 0.29) is 23.2 Å². The molecule has 10 heteroatoms. The summed E-state index contributed by atoms with van der Waals surface area (Å²) in [7, 11) is 3.06. The molecule has 10 nitrogen and oxygen atoms in total. The van der Waals surface area contributed by atoms with Gasteiger partial charge in [0, 0.05) is 54.6 Å². The van der Waals surface area contributed by atoms with Crippen molar-refractivity contribution in [3.63, 3.8) is 0 Å². The quantitative estimate of drug-likeness (QED) is 0.552. The molecular weight excluding hydrogens is 474 g/mol. The second kappa shape index (κ2) is 9.61. The second-order valence-electron chi connectivity index (χ2n) is 9.20. The van der Waals surface area contributed by atoms with Gasteiger partial charge < -0.3 is 25.0 Å². The Kier molecular flexibility index (Phi) is 6.32. The van der Waals surface area contributed by atoms with Crippen molar-refractivity contribution in [2.75, 3.05) is 37.1 Å². The van der Waals surface area contributed by atoms with Gasteiger partial charge in [-0.1, -0.05) is 0 Å². The van der Waals surface area contributed by atoms with Gasteiger partial charge in [-0.05, 0) is 49.9 Å². The number of aryl methyl sites for hydroxylation is 1. The summed E-state index contributed by atoms with van der Waals surface area (Å²) in [5.74, 6) is 0.149. The molecule has 3 amide bonds. The lowest BCUT2D eigenvalue weighted by Gasteiger charge is -2.31. The number of ether oxygens (including phenoxy) is 2. The first kappa shape index (κ1) is 24.4. The molecule has 192 valence electrons. The van der Waals surface area contributed by atoms with Gasteiger partial charge >= 0.3 is 0 Å². The fraction of sp³-hybridized carbons (Fsp3) is 0.333. The summed E-state index contributed by atoms with van der Waals surface area (Å²) in [6.07, 6.45) is 2.85. The number of nitrogens with two attached hydrogens (primary N) is 1. The molecule has 2 aromatic carbocycles. The van der Waals surface area contributed by atoms with Crippen LogP contribution in [0, 0.1) is 6.92 Å². The number of hydrogen-bond donors (Lipinski definition) is 1. The van der Waals surface area contributed by atoms with Gasteiger partial charge in [-0.15, -0.1) is 0 Å². The Labute approximate surface area is 214 Å². The minimum atomic E-state index is -0.696. The fourth-order valence-corrected chi connectivity index (χ4v) is 5.08. The number of hydrogen-bond acceptors (Lipinski definition) is 6. The molecule has 3 heterocycles. The van der Waals surface area contributed by atoms with Crippen LogP contribution in [-0.4, -0.2) is 54.8 Å². The standard InChI is InChI=1S/C27H29N5O5/c1-16-12-17(30-10-5-4-6-23(30)33)7-8-22(16)31-11-9-21-24(26(28)34)29-32(25(21)27(31)35)18-13-19(36-2)15-20(14-18)37-3/h7-8,12-15H,4-6,9-11H2,1-3H3,(H2,28,34). The van der Waals surface area contributed by atoms with E-state index in [2.05, 4.69) is 5.10 Å². The number of carbonyl (C=O) groups is 3. The SMILES string of the molecule is COc1cc(OC)cc(-n2nc(C(N)=O)c3c2C(=O)N(c2ccc(N4CCCCC4=O)cc2C)CC3)c1. The number of nitrogens with zero attached hydrogens (tertiary/aromatic N) is 4. The molecule has 0 spiro atoms. The molecular formula is C27H29N5O5. The van der Waals surface area contributed by atoms with Crippen LogP contribution >= 0.6 is 0 Å². The number of primary amides is 1. The maximum absolute atomic E-state index is 13.9. The third kappa shape index (κ3) is 4.28. The van der Waals surface area contributed by atoms with Gasteiger partial charge in [-0.25, -0.2) is 4.68 Å². The normalized spacial score (nSPS) is 15.5. The molecule has 0 aliphatic carbocycles. The highest BCUT2D eigenvalue weighted by Crippen LogP contribution is 2.34. The number of methoxy groups -OCH3 is 2. The van der Waals surface area contributed by atoms with Crippen molar-refractivity contribution in [1.29, 1.82) is 0 Å². The number of benzene rings is 2. The van der Waals surface area contributed by atoms with Crippen LogP contribution in [-0.2, 0) is 11.2 Å². The molecule has 2 aliphatic heterocycles. The summed E-state index contributed by atoms with van der Waals surface area (Å²) in [6, 6.07) is 10.8. The molecule has 0 unspecified atom stereocenters. The molecule has 3 aromatic rings. The van der Waals surface area contributed by atoms with E-state index in [0.29, 0.717) is 48.7 Å². The van der Waals surface area contributed by atoms with Crippen LogP contribution in [0.15, 0.2) is 36.4 Å². The first-order valence-electron chi connectivity index (χ1n) is 12.2. The van der Waals surface area contributed by atoms with E-state index in [1.807, 2.05) is 25.1 Å². The Morgan fingerprint density at radius 3 is 2.27 bits per heavy atom. The van der Waals surface area contributed by atoms with E-state index < -0.39 is 5.91 Å². The van der Waals surface area contributed by atoms with Crippen molar-refractivity contribution < 1.29 is 23.9 Å². The lowest BCUT2D eigenvalue weighted by atomic mass is 10.0. The summed E-state index contributed by atoms with van der Waals surface area (Å²) >= 11 is 0. The van der Waals surface area contributed by atoms with E-state index in [4.69, 9.17) is 15.2 Å². The van der Waals surface area contributed by atoms with E-state index in [1.54, 1.807) is 28.0 Å². The van der Waals surface area contributed by atoms with Crippen molar-refractivity contribution in [2.45, 2.75) is 32.6 Å². The highest BCUT2D eigenvalue weighted by Gasteiger charge is 2.35. The van der Waals surface area contributed by atoms with Gasteiger partial charge in [0.05, 0.1) is 19.9 Å². The molecule has 1 fully saturated rings. The first-order chi connectivity index (χ1) is 17.8. The summed E-state index contributed by atoms with van der Waals surface area (Å²) in [5.41, 5.74) is 9.44. The van der Waals surface area contributed by atoms with Gasteiger partial charge in [0.2, 0.25) is 5.91 Å². The van der Waals surface area contributed by atoms with Gasteiger partial charge in [0.1, 0.15) is 17.2 Å². The second-order valence-corrected chi connectivity index (χ2v) is 9.20. The lowest BCUT2D eigenvalue weighted by molar-refractivity contribution is -0.119. The van der Waals surface area contributed by atoms with E-state index >= 15 is 0 Å². The molecule has 1 aromatic heterocycles. The number of piperidine rings is 1. The Bertz CT molecular complexity index is 1390. The minimum Gasteiger partial charge on any atom is -0.497 e. The van der Waals surface area contributed by atoms with E-state index in [1.165, 1.54) is 18.9 Å². The molecule has 2 aliphatic rings. The van der Waals surface area contributed by atoms with Crippen LogP contribution in [0.25, 0.3) is 5.69 Å². The molecule has 0 saturated carbocycles. The summed E-state index contributed by atoms with van der Waals surface area (Å²) in [5, 5.41) is 4.44. The number of anilines is 2. The molecule has 1 saturated heterocycles. The molecule has 5 rings (SSSR count). The third-order valence-electron chi connectivity index (χ3n) is 6.94. The van der Waals surface area contributed by atoms with E-state index in [0.717, 1.165) is 29.8 Å². The highest BCUT2D eigenvalue weighted by atomic mass is 16.5. The van der Waals surface area contributed by atoms with Crippen molar-refractivity contribution in [3.05, 3.63) is 58.9 Å². The first-order valence-corrected chi connectivity index (χ1v) is 12.2. The summed E-state index contributed by atoms with van der Waals surface area (Å²) in [4.78, 5) is 42.0. The molecule has 0 bridgehead atoms. The Balaban J connectivity index is 1.56. The zero-order valence-corrected chi connectivity index (χ0v) is 21.1. The maximum atomic E-state index is 13.9. The van der Waals surface area contributed by atoms with Crippen molar-refractivity contribution in [3.8, 4) is 17.2 Å². The van der Waals surface area contributed by atoms with Crippen LogP contribution < -0.4 is 25.0 Å². The highest BCUT2D eigenvalue weighted by molar-refractivity contribution is 6.10. The fourth-order valence-electron chi connectivity index (χ4n) is 5.08. The van der Waals surface area contributed by atoms with Gasteiger partial charge in [-0.2, -0.15) is 5.10 Å². The molecule has 37 heavy (non-hydrogen) atoms. The van der Waals surface area contributed by atoms with Crippen LogP contribution in [0.5, 0.6) is 11.5 Å². The van der Waals surface area contributed by atoms with Crippen molar-refractivity contribution >= 4 is 29.1 Å². The number of rotatable bonds is 6. The number of fused-ring (bicyclic) bond motifs is 1. The minimum absolute atomic E-state index is 0.0699. The largest absolute Gasteiger partial charge is 0.497 e. The zero-order chi connectivity index (χ0) is 26.3. The average Bonchev–Trinajstić information content (AvgIpc) is 3.30. The van der Waals surface area contributed by atoms with Crippen molar-refractivity contribution in [2.24, 2.45) is 5.73 Å². The number of carbonyl (C=O) groups excluding carboxylic acids is 3. The summed E-state index contributed by atoms with van der Waals surface area (Å²) in [6.45, 7) is 2.99.